The van der Waals surface area contributed by atoms with Crippen LogP contribution in [0.2, 0.25) is 0 Å². The van der Waals surface area contributed by atoms with Crippen LogP contribution in [0.4, 0.5) is 8.78 Å². The van der Waals surface area contributed by atoms with Gasteiger partial charge < -0.3 is 25.0 Å². The Balaban J connectivity index is 1.34. The second-order valence-electron chi connectivity index (χ2n) is 8.53. The summed E-state index contributed by atoms with van der Waals surface area (Å²) >= 11 is 0. The van der Waals surface area contributed by atoms with E-state index in [0.717, 1.165) is 18.0 Å². The topological polar surface area (TPSA) is 101 Å². The maximum absolute atomic E-state index is 15.2. The van der Waals surface area contributed by atoms with Gasteiger partial charge in [-0.2, -0.15) is 0 Å². The quantitative estimate of drug-likeness (QED) is 0.553. The van der Waals surface area contributed by atoms with Crippen molar-refractivity contribution in [1.82, 2.24) is 25.4 Å². The molecule has 2 aliphatic heterocycles. The Morgan fingerprint density at radius 2 is 2.21 bits per heavy atom. The van der Waals surface area contributed by atoms with Gasteiger partial charge in [-0.25, -0.2) is 8.78 Å². The summed E-state index contributed by atoms with van der Waals surface area (Å²) in [5, 5.41) is 25.0. The third kappa shape index (κ3) is 3.93. The fourth-order valence-corrected chi connectivity index (χ4v) is 4.67. The number of piperidine rings is 1. The van der Waals surface area contributed by atoms with Crippen molar-refractivity contribution in [2.24, 2.45) is 0 Å². The number of aromatic nitrogens is 3. The second kappa shape index (κ2) is 8.68. The smallest absolute Gasteiger partial charge is 0.272 e. The van der Waals surface area contributed by atoms with E-state index in [1.54, 1.807) is 6.07 Å². The zero-order chi connectivity index (χ0) is 23.1. The number of benzene rings is 1. The summed E-state index contributed by atoms with van der Waals surface area (Å²) in [6.07, 6.45) is 1.67. The zero-order valence-corrected chi connectivity index (χ0v) is 18.1. The number of carbonyl (C=O) groups excluding carboxylic acids is 1. The molecule has 2 aliphatic rings. The molecule has 5 rings (SSSR count). The van der Waals surface area contributed by atoms with E-state index < -0.39 is 35.6 Å². The monoisotopic (exact) mass is 457 g/mol. The van der Waals surface area contributed by atoms with Crippen molar-refractivity contribution in [2.75, 3.05) is 19.7 Å². The first-order chi connectivity index (χ1) is 16.0. The average molecular weight is 457 g/mol. The predicted molar refractivity (Wildman–Crippen MR) is 116 cm³/mol. The summed E-state index contributed by atoms with van der Waals surface area (Å²) in [6.45, 7) is 3.67. The molecule has 1 aromatic carbocycles. The zero-order valence-electron chi connectivity index (χ0n) is 18.1. The van der Waals surface area contributed by atoms with Gasteiger partial charge in [0.05, 0.1) is 12.1 Å². The van der Waals surface area contributed by atoms with Gasteiger partial charge in [-0.15, -0.1) is 10.2 Å². The molecule has 174 valence electrons. The van der Waals surface area contributed by atoms with Gasteiger partial charge in [0.2, 0.25) is 0 Å². The van der Waals surface area contributed by atoms with Gasteiger partial charge >= 0.3 is 0 Å². The average Bonchev–Trinajstić information content (AvgIpc) is 3.24. The fraction of sp³-hybridized carbons (Fsp3) is 0.435. The molecule has 0 radical (unpaired) electrons. The molecule has 0 aliphatic carbocycles. The Hall–Kier alpha value is -3.11. The van der Waals surface area contributed by atoms with Crippen LogP contribution < -0.4 is 15.4 Å². The van der Waals surface area contributed by atoms with Crippen molar-refractivity contribution in [3.8, 4) is 5.75 Å². The number of aliphatic hydroxyl groups is 1. The van der Waals surface area contributed by atoms with Crippen LogP contribution >= 0.6 is 0 Å². The molecule has 3 atom stereocenters. The van der Waals surface area contributed by atoms with Crippen LogP contribution in [0.5, 0.6) is 5.75 Å². The first-order valence-electron chi connectivity index (χ1n) is 11.1. The molecule has 1 amide bonds. The third-order valence-corrected chi connectivity index (χ3v) is 6.44. The Labute approximate surface area is 188 Å². The van der Waals surface area contributed by atoms with Crippen LogP contribution in [0.25, 0.3) is 11.0 Å². The van der Waals surface area contributed by atoms with Crippen LogP contribution in [0.15, 0.2) is 24.4 Å². The molecule has 0 spiro atoms. The molecule has 2 aromatic heterocycles. The number of rotatable bonds is 4. The summed E-state index contributed by atoms with van der Waals surface area (Å²) in [5.74, 6) is -2.33. The highest BCUT2D eigenvalue weighted by Crippen LogP contribution is 2.38. The molecule has 0 unspecified atom stereocenters. The van der Waals surface area contributed by atoms with Gasteiger partial charge in [0.15, 0.2) is 22.9 Å². The summed E-state index contributed by atoms with van der Waals surface area (Å²) in [6, 6.07) is 4.11. The molecule has 1 fully saturated rings. The standard InChI is InChI=1S/C23H25F2N5O3/c1-2-30-6-4-12-7-18(28-29-22(12)30)23(32)27-13-8-16-17(24)9-15(20(25)21(16)33-11-13)14-3-5-26-10-19(14)31/h4,6-7,9,13-14,19,26,31H,2-3,5,8,10-11H2,1H3,(H,27,32)/t13-,14-,19-/m1/s1. The number of halogens is 2. The molecule has 4 heterocycles. The SMILES string of the molecule is CCn1ccc2cc(C(=O)N[C@H]3COc4c(F)c([C@H]5CCNC[C@H]5O)cc(F)c4C3)nnc21. The third-order valence-electron chi connectivity index (χ3n) is 6.44. The number of ether oxygens (including phenoxy) is 1. The van der Waals surface area contributed by atoms with Gasteiger partial charge in [-0.1, -0.05) is 0 Å². The van der Waals surface area contributed by atoms with Crippen LogP contribution in [-0.2, 0) is 13.0 Å². The van der Waals surface area contributed by atoms with E-state index in [9.17, 15) is 14.3 Å². The van der Waals surface area contributed by atoms with Gasteiger partial charge in [0.25, 0.3) is 5.91 Å². The summed E-state index contributed by atoms with van der Waals surface area (Å²) < 4.78 is 37.6. The highest BCUT2D eigenvalue weighted by Gasteiger charge is 2.34. The molecule has 8 nitrogen and oxygen atoms in total. The number of carbonyl (C=O) groups is 1. The van der Waals surface area contributed by atoms with Gasteiger partial charge in [-0.3, -0.25) is 4.79 Å². The van der Waals surface area contributed by atoms with E-state index in [2.05, 4.69) is 20.8 Å². The minimum Gasteiger partial charge on any atom is -0.488 e. The van der Waals surface area contributed by atoms with Crippen LogP contribution in [0, 0.1) is 11.6 Å². The van der Waals surface area contributed by atoms with E-state index >= 15 is 4.39 Å². The van der Waals surface area contributed by atoms with Crippen molar-refractivity contribution in [2.45, 2.75) is 44.4 Å². The Morgan fingerprint density at radius 1 is 1.36 bits per heavy atom. The minimum atomic E-state index is -0.797. The molecule has 3 N–H and O–H groups in total. The van der Waals surface area contributed by atoms with Crippen molar-refractivity contribution >= 4 is 16.9 Å². The lowest BCUT2D eigenvalue weighted by molar-refractivity contribution is 0.0906. The number of aryl methyl sites for hydroxylation is 1. The van der Waals surface area contributed by atoms with Gasteiger partial charge in [0.1, 0.15) is 12.4 Å². The maximum Gasteiger partial charge on any atom is 0.272 e. The number of nitrogens with one attached hydrogen (secondary N) is 2. The highest BCUT2D eigenvalue weighted by molar-refractivity contribution is 5.95. The highest BCUT2D eigenvalue weighted by atomic mass is 19.1. The van der Waals surface area contributed by atoms with Gasteiger partial charge in [-0.05, 0) is 38.1 Å². The Kier molecular flexibility index (Phi) is 5.71. The van der Waals surface area contributed by atoms with E-state index in [-0.39, 0.29) is 35.6 Å². The van der Waals surface area contributed by atoms with E-state index in [4.69, 9.17) is 4.74 Å². The van der Waals surface area contributed by atoms with Gasteiger partial charge in [0, 0.05) is 48.1 Å². The molecular weight excluding hydrogens is 432 g/mol. The molecule has 0 bridgehead atoms. The molecule has 0 saturated carbocycles. The lowest BCUT2D eigenvalue weighted by Gasteiger charge is -2.31. The van der Waals surface area contributed by atoms with E-state index in [0.29, 0.717) is 25.2 Å². The number of aliphatic hydroxyl groups excluding tert-OH is 1. The first-order valence-corrected chi connectivity index (χ1v) is 11.1. The number of nitrogens with zero attached hydrogens (tertiary/aromatic N) is 3. The lowest BCUT2D eigenvalue weighted by atomic mass is 9.85. The molecule has 1 saturated heterocycles. The summed E-state index contributed by atoms with van der Waals surface area (Å²) in [5.41, 5.74) is 1.04. The number of β-amino-alcohol motifs (C(OH)–C–C–N with tert-alkyl or cyclic N) is 1. The maximum atomic E-state index is 15.2. The van der Waals surface area contributed by atoms with Crippen LogP contribution in [0.3, 0.4) is 0 Å². The Morgan fingerprint density at radius 3 is 3.00 bits per heavy atom. The predicted octanol–water partition coefficient (Wildman–Crippen LogP) is 1.90. The summed E-state index contributed by atoms with van der Waals surface area (Å²) in [7, 11) is 0. The van der Waals surface area contributed by atoms with Crippen molar-refractivity contribution in [3.05, 3.63) is 52.9 Å². The molecule has 10 heteroatoms. The second-order valence-corrected chi connectivity index (χ2v) is 8.53. The van der Waals surface area contributed by atoms with E-state index in [1.165, 1.54) is 0 Å². The van der Waals surface area contributed by atoms with Crippen molar-refractivity contribution in [1.29, 1.82) is 0 Å². The number of hydrogen-bond acceptors (Lipinski definition) is 6. The Bertz CT molecular complexity index is 1210. The fourth-order valence-electron chi connectivity index (χ4n) is 4.67. The molecule has 33 heavy (non-hydrogen) atoms. The first kappa shape index (κ1) is 21.7. The number of hydrogen-bond donors (Lipinski definition) is 3. The van der Waals surface area contributed by atoms with Crippen molar-refractivity contribution in [3.63, 3.8) is 0 Å². The number of amides is 1. The number of fused-ring (bicyclic) bond motifs is 2. The molecular formula is C23H25F2N5O3. The minimum absolute atomic E-state index is 0.00475. The summed E-state index contributed by atoms with van der Waals surface area (Å²) in [4.78, 5) is 12.7. The molecule has 3 aromatic rings. The van der Waals surface area contributed by atoms with Crippen LogP contribution in [0.1, 0.15) is 40.9 Å². The normalized spacial score (nSPS) is 22.6. The van der Waals surface area contributed by atoms with Crippen LogP contribution in [-0.4, -0.2) is 57.6 Å². The lowest BCUT2D eigenvalue weighted by Crippen LogP contribution is -2.44. The van der Waals surface area contributed by atoms with Crippen molar-refractivity contribution < 1.29 is 23.4 Å². The van der Waals surface area contributed by atoms with E-state index in [1.807, 2.05) is 23.8 Å². The largest absolute Gasteiger partial charge is 0.488 e.